The summed E-state index contributed by atoms with van der Waals surface area (Å²) in [6.07, 6.45) is 2.25. The average molecular weight is 389 g/mol. The molecule has 0 unspecified atom stereocenters. The van der Waals surface area contributed by atoms with E-state index in [9.17, 15) is 4.79 Å². The molecular formula is C21H28N2O3S. The summed E-state index contributed by atoms with van der Waals surface area (Å²) in [6.45, 7) is 6.40. The van der Waals surface area contributed by atoms with Crippen LogP contribution in [0, 0.1) is 5.92 Å². The van der Waals surface area contributed by atoms with Gasteiger partial charge in [0.1, 0.15) is 0 Å². The van der Waals surface area contributed by atoms with Crippen molar-refractivity contribution in [1.82, 2.24) is 10.2 Å². The van der Waals surface area contributed by atoms with Gasteiger partial charge < -0.3 is 14.8 Å². The molecule has 146 valence electrons. The Morgan fingerprint density at radius 2 is 2.07 bits per heavy atom. The molecular weight excluding hydrogens is 360 g/mol. The van der Waals surface area contributed by atoms with E-state index in [-0.39, 0.29) is 5.91 Å². The second-order valence-electron chi connectivity index (χ2n) is 6.81. The molecule has 0 bridgehead atoms. The van der Waals surface area contributed by atoms with Crippen molar-refractivity contribution in [2.24, 2.45) is 5.92 Å². The molecule has 5 nitrogen and oxygen atoms in total. The Morgan fingerprint density at radius 1 is 1.26 bits per heavy atom. The molecule has 1 aromatic heterocycles. The van der Waals surface area contributed by atoms with Gasteiger partial charge in [-0.2, -0.15) is 0 Å². The fraction of sp³-hybridized carbons (Fsp3) is 0.476. The van der Waals surface area contributed by atoms with Crippen LogP contribution in [0.1, 0.15) is 35.0 Å². The monoisotopic (exact) mass is 388 g/mol. The summed E-state index contributed by atoms with van der Waals surface area (Å²) in [5.74, 6) is 1.74. The molecule has 1 aromatic carbocycles. The number of amides is 1. The fourth-order valence-electron chi connectivity index (χ4n) is 3.40. The van der Waals surface area contributed by atoms with Crippen molar-refractivity contribution < 1.29 is 14.3 Å². The minimum absolute atomic E-state index is 0.0559. The highest BCUT2D eigenvalue weighted by Gasteiger charge is 2.20. The van der Waals surface area contributed by atoms with Crippen LogP contribution in [0.4, 0.5) is 0 Å². The molecule has 1 fully saturated rings. The van der Waals surface area contributed by atoms with Gasteiger partial charge in [-0.1, -0.05) is 6.07 Å². The van der Waals surface area contributed by atoms with Crippen LogP contribution in [-0.2, 0) is 6.54 Å². The number of piperidine rings is 1. The second-order valence-corrected chi connectivity index (χ2v) is 7.84. The quantitative estimate of drug-likeness (QED) is 0.747. The van der Waals surface area contributed by atoms with E-state index in [2.05, 4.69) is 27.7 Å². The molecule has 0 spiro atoms. The Bertz CT molecular complexity index is 725. The lowest BCUT2D eigenvalue weighted by molar-refractivity contribution is 0.0935. The first kappa shape index (κ1) is 19.7. The third kappa shape index (κ3) is 5.47. The van der Waals surface area contributed by atoms with Gasteiger partial charge in [0.2, 0.25) is 0 Å². The van der Waals surface area contributed by atoms with Gasteiger partial charge in [0.05, 0.1) is 13.7 Å². The zero-order valence-electron chi connectivity index (χ0n) is 16.1. The van der Waals surface area contributed by atoms with Crippen molar-refractivity contribution in [1.29, 1.82) is 0 Å². The number of nitrogens with zero attached hydrogens (tertiary/aromatic N) is 1. The molecule has 1 saturated heterocycles. The molecule has 1 aliphatic rings. The lowest BCUT2D eigenvalue weighted by Gasteiger charge is -2.31. The van der Waals surface area contributed by atoms with Gasteiger partial charge in [-0.25, -0.2) is 0 Å². The highest BCUT2D eigenvalue weighted by molar-refractivity contribution is 7.09. The first-order chi connectivity index (χ1) is 13.2. The number of nitrogens with one attached hydrogen (secondary N) is 1. The third-order valence-electron chi connectivity index (χ3n) is 4.94. The average Bonchev–Trinajstić information content (AvgIpc) is 3.20. The molecule has 0 radical (unpaired) electrons. The lowest BCUT2D eigenvalue weighted by Crippen LogP contribution is -2.38. The van der Waals surface area contributed by atoms with Crippen LogP contribution in [0.25, 0.3) is 0 Å². The summed E-state index contributed by atoms with van der Waals surface area (Å²) in [4.78, 5) is 16.4. The smallest absolute Gasteiger partial charge is 0.251 e. The van der Waals surface area contributed by atoms with E-state index in [0.717, 1.165) is 39.0 Å². The highest BCUT2D eigenvalue weighted by Crippen LogP contribution is 2.28. The predicted molar refractivity (Wildman–Crippen MR) is 109 cm³/mol. The van der Waals surface area contributed by atoms with Crippen LogP contribution in [0.2, 0.25) is 0 Å². The summed E-state index contributed by atoms with van der Waals surface area (Å²) in [5.41, 5.74) is 0.606. The molecule has 1 N–H and O–H groups in total. The number of methoxy groups -OCH3 is 1. The summed E-state index contributed by atoms with van der Waals surface area (Å²) in [5, 5.41) is 5.22. The van der Waals surface area contributed by atoms with Crippen LogP contribution in [0.3, 0.4) is 0 Å². The Balaban J connectivity index is 1.46. The largest absolute Gasteiger partial charge is 0.493 e. The van der Waals surface area contributed by atoms with Gasteiger partial charge in [-0.05, 0) is 68.4 Å². The molecule has 1 amide bonds. The van der Waals surface area contributed by atoms with Crippen molar-refractivity contribution in [3.8, 4) is 11.5 Å². The first-order valence-electron chi connectivity index (χ1n) is 9.53. The van der Waals surface area contributed by atoms with E-state index < -0.39 is 0 Å². The normalized spacial score (nSPS) is 15.5. The number of hydrogen-bond acceptors (Lipinski definition) is 5. The number of rotatable bonds is 8. The molecule has 27 heavy (non-hydrogen) atoms. The van der Waals surface area contributed by atoms with Crippen molar-refractivity contribution in [3.05, 3.63) is 46.2 Å². The molecule has 2 heterocycles. The maximum atomic E-state index is 12.5. The van der Waals surface area contributed by atoms with Gasteiger partial charge in [0.25, 0.3) is 5.91 Å². The number of carbonyl (C=O) groups excluding carboxylic acids is 1. The van der Waals surface area contributed by atoms with Crippen LogP contribution in [0.5, 0.6) is 11.5 Å². The van der Waals surface area contributed by atoms with Crippen molar-refractivity contribution in [2.45, 2.75) is 26.3 Å². The van der Waals surface area contributed by atoms with E-state index in [0.29, 0.717) is 29.6 Å². The molecule has 0 atom stereocenters. The van der Waals surface area contributed by atoms with Gasteiger partial charge in [-0.3, -0.25) is 9.69 Å². The molecule has 0 aliphatic carbocycles. The first-order valence-corrected chi connectivity index (χ1v) is 10.4. The van der Waals surface area contributed by atoms with Crippen LogP contribution in [-0.4, -0.2) is 44.2 Å². The van der Waals surface area contributed by atoms with E-state index in [4.69, 9.17) is 9.47 Å². The second kappa shape index (κ2) is 9.76. The summed E-state index contributed by atoms with van der Waals surface area (Å²) in [7, 11) is 1.60. The molecule has 2 aromatic rings. The van der Waals surface area contributed by atoms with Crippen LogP contribution < -0.4 is 14.8 Å². The van der Waals surface area contributed by atoms with Gasteiger partial charge >= 0.3 is 0 Å². The Morgan fingerprint density at radius 3 is 2.74 bits per heavy atom. The summed E-state index contributed by atoms with van der Waals surface area (Å²) >= 11 is 1.82. The maximum absolute atomic E-state index is 12.5. The molecule has 3 rings (SSSR count). The van der Waals surface area contributed by atoms with Crippen molar-refractivity contribution >= 4 is 17.2 Å². The summed E-state index contributed by atoms with van der Waals surface area (Å²) < 4.78 is 10.8. The topological polar surface area (TPSA) is 50.8 Å². The third-order valence-corrected chi connectivity index (χ3v) is 5.80. The van der Waals surface area contributed by atoms with Crippen molar-refractivity contribution in [3.63, 3.8) is 0 Å². The summed E-state index contributed by atoms with van der Waals surface area (Å²) in [6, 6.07) is 9.62. The minimum Gasteiger partial charge on any atom is -0.493 e. The van der Waals surface area contributed by atoms with E-state index in [1.54, 1.807) is 25.3 Å². The SMILES string of the molecule is CCOc1cc(C(=O)NCC2CCN(Cc3cccs3)CC2)ccc1OC. The number of benzene rings is 1. The van der Waals surface area contributed by atoms with Gasteiger partial charge in [0.15, 0.2) is 11.5 Å². The minimum atomic E-state index is -0.0559. The fourth-order valence-corrected chi connectivity index (χ4v) is 4.14. The maximum Gasteiger partial charge on any atom is 0.251 e. The number of hydrogen-bond donors (Lipinski definition) is 1. The number of likely N-dealkylation sites (tertiary alicyclic amines) is 1. The Hall–Kier alpha value is -2.05. The molecule has 6 heteroatoms. The Kier molecular flexibility index (Phi) is 7.12. The van der Waals surface area contributed by atoms with E-state index >= 15 is 0 Å². The number of carbonyl (C=O) groups is 1. The standard InChI is InChI=1S/C21H28N2O3S/c1-3-26-20-13-17(6-7-19(20)25-2)21(24)22-14-16-8-10-23(11-9-16)15-18-5-4-12-27-18/h4-7,12-13,16H,3,8-11,14-15H2,1-2H3,(H,22,24). The number of ether oxygens (including phenoxy) is 2. The zero-order chi connectivity index (χ0) is 19.1. The molecule has 1 aliphatic heterocycles. The van der Waals surface area contributed by atoms with Crippen molar-refractivity contribution in [2.75, 3.05) is 33.4 Å². The Labute approximate surface area is 165 Å². The zero-order valence-corrected chi connectivity index (χ0v) is 16.9. The lowest BCUT2D eigenvalue weighted by atomic mass is 9.96. The number of thiophene rings is 1. The van der Waals surface area contributed by atoms with Crippen LogP contribution in [0.15, 0.2) is 35.7 Å². The molecule has 0 saturated carbocycles. The van der Waals surface area contributed by atoms with E-state index in [1.807, 2.05) is 18.3 Å². The highest BCUT2D eigenvalue weighted by atomic mass is 32.1. The van der Waals surface area contributed by atoms with Gasteiger partial charge in [0, 0.05) is 23.5 Å². The van der Waals surface area contributed by atoms with Gasteiger partial charge in [-0.15, -0.1) is 11.3 Å². The van der Waals surface area contributed by atoms with Crippen LogP contribution >= 0.6 is 11.3 Å². The predicted octanol–water partition coefficient (Wildman–Crippen LogP) is 3.80. The van der Waals surface area contributed by atoms with E-state index in [1.165, 1.54) is 4.88 Å².